The minimum atomic E-state index is -1.11. The van der Waals surface area contributed by atoms with Gasteiger partial charge in [-0.25, -0.2) is 9.97 Å². The van der Waals surface area contributed by atoms with Crippen molar-refractivity contribution in [1.29, 1.82) is 0 Å². The molecule has 1 aliphatic rings. The summed E-state index contributed by atoms with van der Waals surface area (Å²) >= 11 is 0. The lowest BCUT2D eigenvalue weighted by Gasteiger charge is -2.22. The van der Waals surface area contributed by atoms with E-state index in [1.54, 1.807) is 26.2 Å². The van der Waals surface area contributed by atoms with Crippen molar-refractivity contribution in [2.24, 2.45) is 0 Å². The molecule has 0 saturated carbocycles. The van der Waals surface area contributed by atoms with Crippen LogP contribution >= 0.6 is 0 Å². The molecule has 0 aliphatic carbocycles. The van der Waals surface area contributed by atoms with Gasteiger partial charge in [-0.3, -0.25) is 9.78 Å². The van der Waals surface area contributed by atoms with Gasteiger partial charge in [0.2, 0.25) is 0 Å². The zero-order valence-electron chi connectivity index (χ0n) is 24.2. The molecular formula is C34H33N3O5. The van der Waals surface area contributed by atoms with Gasteiger partial charge in [0.05, 0.1) is 30.8 Å². The summed E-state index contributed by atoms with van der Waals surface area (Å²) in [5.74, 6) is 0.423. The quantitative estimate of drug-likeness (QED) is 0.229. The fourth-order valence-electron chi connectivity index (χ4n) is 5.53. The first-order chi connectivity index (χ1) is 20.2. The van der Waals surface area contributed by atoms with Crippen LogP contribution in [-0.2, 0) is 22.4 Å². The molecule has 214 valence electrons. The zero-order valence-corrected chi connectivity index (χ0v) is 24.2. The number of aromatic nitrogens is 3. The van der Waals surface area contributed by atoms with Crippen molar-refractivity contribution in [3.63, 3.8) is 0 Å². The molecule has 0 radical (unpaired) electrons. The van der Waals surface area contributed by atoms with E-state index in [0.29, 0.717) is 19.2 Å². The second kappa shape index (κ2) is 11.0. The summed E-state index contributed by atoms with van der Waals surface area (Å²) in [5.41, 5.74) is 6.44. The first-order valence-corrected chi connectivity index (χ1v) is 14.1. The highest BCUT2D eigenvalue weighted by Crippen LogP contribution is 2.43. The number of carbonyl (C=O) groups excluding carboxylic acids is 1. The molecule has 1 aliphatic heterocycles. The predicted molar refractivity (Wildman–Crippen MR) is 162 cm³/mol. The molecule has 0 unspecified atom stereocenters. The topological polar surface area (TPSA) is 104 Å². The standard InChI is InChI=1S/C34H33N3O5/c1-5-40-33-36-17-24(18-37-33)22-6-7-25-23(15-22)14-20(2)27(16-29(38)42-19-34(3,4)39)31(25)26-8-9-28-30-21(11-13-41-28)10-12-35-32(26)30/h6-10,12,14-15,17-18,39H,5,11,13,16,19H2,1-4H3. The van der Waals surface area contributed by atoms with Gasteiger partial charge < -0.3 is 19.3 Å². The van der Waals surface area contributed by atoms with Crippen LogP contribution in [0, 0.1) is 6.92 Å². The van der Waals surface area contributed by atoms with Crippen LogP contribution in [0.5, 0.6) is 11.8 Å². The average molecular weight is 564 g/mol. The Labute approximate surface area is 244 Å². The van der Waals surface area contributed by atoms with Crippen LogP contribution < -0.4 is 9.47 Å². The number of carbonyl (C=O) groups is 1. The van der Waals surface area contributed by atoms with Crippen molar-refractivity contribution in [2.75, 3.05) is 19.8 Å². The Bertz CT molecular complexity index is 1800. The number of aryl methyl sites for hydroxylation is 1. The lowest BCUT2D eigenvalue weighted by Crippen LogP contribution is -2.28. The third kappa shape index (κ3) is 5.37. The van der Waals surface area contributed by atoms with E-state index in [-0.39, 0.29) is 13.0 Å². The van der Waals surface area contributed by atoms with Gasteiger partial charge in [-0.1, -0.05) is 18.2 Å². The van der Waals surface area contributed by atoms with Crippen molar-refractivity contribution >= 4 is 27.6 Å². The molecule has 0 fully saturated rings. The molecule has 8 nitrogen and oxygen atoms in total. The van der Waals surface area contributed by atoms with Gasteiger partial charge in [-0.15, -0.1) is 0 Å². The minimum absolute atomic E-state index is 0.0567. The molecule has 42 heavy (non-hydrogen) atoms. The van der Waals surface area contributed by atoms with E-state index in [2.05, 4.69) is 28.2 Å². The van der Waals surface area contributed by atoms with E-state index in [9.17, 15) is 9.90 Å². The lowest BCUT2D eigenvalue weighted by atomic mass is 9.86. The van der Waals surface area contributed by atoms with E-state index < -0.39 is 11.6 Å². The van der Waals surface area contributed by atoms with Gasteiger partial charge >= 0.3 is 12.0 Å². The second-order valence-corrected chi connectivity index (χ2v) is 11.2. The number of aliphatic hydroxyl groups is 1. The molecule has 3 aromatic carbocycles. The highest BCUT2D eigenvalue weighted by Gasteiger charge is 2.24. The molecule has 0 atom stereocenters. The van der Waals surface area contributed by atoms with E-state index in [1.807, 2.05) is 44.3 Å². The largest absolute Gasteiger partial charge is 0.493 e. The molecule has 0 bridgehead atoms. The van der Waals surface area contributed by atoms with Gasteiger partial charge in [0, 0.05) is 41.5 Å². The van der Waals surface area contributed by atoms with Crippen LogP contribution in [0.4, 0.5) is 0 Å². The van der Waals surface area contributed by atoms with Gasteiger partial charge in [-0.05, 0) is 90.6 Å². The van der Waals surface area contributed by atoms with Crippen LogP contribution in [0.2, 0.25) is 0 Å². The molecule has 3 heterocycles. The van der Waals surface area contributed by atoms with Gasteiger partial charge in [0.1, 0.15) is 12.4 Å². The molecule has 0 saturated heterocycles. The van der Waals surface area contributed by atoms with Crippen LogP contribution in [0.15, 0.2) is 61.1 Å². The number of nitrogens with zero attached hydrogens (tertiary/aromatic N) is 3. The van der Waals surface area contributed by atoms with Crippen molar-refractivity contribution in [2.45, 2.75) is 46.1 Å². The fraction of sp³-hybridized carbons (Fsp3) is 0.294. The van der Waals surface area contributed by atoms with Crippen LogP contribution in [-0.4, -0.2) is 51.4 Å². The first-order valence-electron chi connectivity index (χ1n) is 14.1. The summed E-state index contributed by atoms with van der Waals surface area (Å²) in [6, 6.07) is 14.8. The van der Waals surface area contributed by atoms with Crippen LogP contribution in [0.25, 0.3) is 43.9 Å². The summed E-state index contributed by atoms with van der Waals surface area (Å²) in [6.45, 7) is 8.19. The maximum absolute atomic E-state index is 13.1. The molecule has 6 rings (SSSR count). The number of rotatable bonds is 8. The van der Waals surface area contributed by atoms with Crippen molar-refractivity contribution < 1.29 is 24.1 Å². The Hall–Kier alpha value is -4.56. The molecule has 8 heteroatoms. The molecule has 0 spiro atoms. The Balaban J connectivity index is 1.53. The van der Waals surface area contributed by atoms with Gasteiger partial charge in [-0.2, -0.15) is 0 Å². The lowest BCUT2D eigenvalue weighted by molar-refractivity contribution is -0.149. The first kappa shape index (κ1) is 27.6. The normalized spacial score (nSPS) is 12.8. The predicted octanol–water partition coefficient (Wildman–Crippen LogP) is 6.01. The number of benzene rings is 3. The smallest absolute Gasteiger partial charge is 0.316 e. The van der Waals surface area contributed by atoms with Crippen LogP contribution in [0.1, 0.15) is 37.5 Å². The number of fused-ring (bicyclic) bond motifs is 1. The molecule has 5 aromatic rings. The fourth-order valence-corrected chi connectivity index (χ4v) is 5.53. The number of esters is 1. The summed E-state index contributed by atoms with van der Waals surface area (Å²) in [4.78, 5) is 26.6. The zero-order chi connectivity index (χ0) is 29.4. The Morgan fingerprint density at radius 3 is 2.62 bits per heavy atom. The van der Waals surface area contributed by atoms with Gasteiger partial charge in [0.25, 0.3) is 0 Å². The van der Waals surface area contributed by atoms with Crippen molar-refractivity contribution in [1.82, 2.24) is 15.0 Å². The highest BCUT2D eigenvalue weighted by molar-refractivity contribution is 6.09. The number of ether oxygens (including phenoxy) is 3. The summed E-state index contributed by atoms with van der Waals surface area (Å²) < 4.78 is 16.9. The van der Waals surface area contributed by atoms with E-state index in [0.717, 1.165) is 67.2 Å². The van der Waals surface area contributed by atoms with E-state index in [1.165, 1.54) is 5.56 Å². The maximum atomic E-state index is 13.1. The van der Waals surface area contributed by atoms with Crippen LogP contribution in [0.3, 0.4) is 0 Å². The van der Waals surface area contributed by atoms with E-state index >= 15 is 0 Å². The monoisotopic (exact) mass is 563 g/mol. The molecule has 1 N–H and O–H groups in total. The van der Waals surface area contributed by atoms with E-state index in [4.69, 9.17) is 19.2 Å². The second-order valence-electron chi connectivity index (χ2n) is 11.2. The highest BCUT2D eigenvalue weighted by atomic mass is 16.5. The van der Waals surface area contributed by atoms with Gasteiger partial charge in [0.15, 0.2) is 0 Å². The maximum Gasteiger partial charge on any atom is 0.316 e. The number of hydrogen-bond acceptors (Lipinski definition) is 8. The average Bonchev–Trinajstić information content (AvgIpc) is 2.97. The minimum Gasteiger partial charge on any atom is -0.493 e. The SMILES string of the molecule is CCOc1ncc(-c2ccc3c(-c4ccc5c6c(ccnc46)CCO5)c(CC(=O)OCC(C)(C)O)c(C)cc3c2)cn1. The Morgan fingerprint density at radius 1 is 1.05 bits per heavy atom. The molecule has 0 amide bonds. The number of pyridine rings is 1. The third-order valence-corrected chi connectivity index (χ3v) is 7.45. The number of hydrogen-bond donors (Lipinski definition) is 1. The molecular weight excluding hydrogens is 530 g/mol. The summed E-state index contributed by atoms with van der Waals surface area (Å²) in [6.07, 6.45) is 6.23. The molecule has 2 aromatic heterocycles. The summed E-state index contributed by atoms with van der Waals surface area (Å²) in [5, 5.41) is 13.1. The van der Waals surface area contributed by atoms with Crippen molar-refractivity contribution in [3.05, 3.63) is 77.7 Å². The third-order valence-electron chi connectivity index (χ3n) is 7.45. The Morgan fingerprint density at radius 2 is 1.86 bits per heavy atom. The Kier molecular flexibility index (Phi) is 7.24. The summed E-state index contributed by atoms with van der Waals surface area (Å²) in [7, 11) is 0. The van der Waals surface area contributed by atoms with Crippen molar-refractivity contribution in [3.8, 4) is 34.0 Å².